The van der Waals surface area contributed by atoms with Crippen LogP contribution in [0.25, 0.3) is 12.2 Å². The predicted octanol–water partition coefficient (Wildman–Crippen LogP) is 2.64. The van der Waals surface area contributed by atoms with E-state index in [2.05, 4.69) is 26.8 Å². The van der Waals surface area contributed by atoms with Gasteiger partial charge in [-0.05, 0) is 28.5 Å². The Morgan fingerprint density at radius 1 is 1.42 bits per heavy atom. The first kappa shape index (κ1) is 7.31. The molecule has 0 fully saturated rings. The van der Waals surface area contributed by atoms with E-state index in [1.807, 2.05) is 18.3 Å². The fraction of sp³-hybridized carbons (Fsp3) is 0. The molecule has 2 aromatic rings. The van der Waals surface area contributed by atoms with Crippen molar-refractivity contribution in [3.63, 3.8) is 0 Å². The Labute approximate surface area is 74.6 Å². The van der Waals surface area contributed by atoms with Crippen molar-refractivity contribution in [2.45, 2.75) is 0 Å². The zero-order chi connectivity index (χ0) is 8.23. The van der Waals surface area contributed by atoms with Crippen LogP contribution in [0.15, 0.2) is 29.2 Å². The van der Waals surface area contributed by atoms with E-state index in [1.165, 1.54) is 5.56 Å². The van der Waals surface area contributed by atoms with E-state index in [0.29, 0.717) is 0 Å². The van der Waals surface area contributed by atoms with Gasteiger partial charge in [0.2, 0.25) is 0 Å². The quantitative estimate of drug-likeness (QED) is 0.748. The van der Waals surface area contributed by atoms with E-state index in [4.69, 9.17) is 0 Å². The molecule has 0 aliphatic carbocycles. The third-order valence-corrected chi connectivity index (χ3v) is 2.20. The smallest absolute Gasteiger partial charge is 0.129 e. The third-order valence-electron chi connectivity index (χ3n) is 1.50. The number of nitrogens with zero attached hydrogens (tertiary/aromatic N) is 1. The van der Waals surface area contributed by atoms with Gasteiger partial charge in [0.05, 0.1) is 0 Å². The monoisotopic (exact) mass is 176 g/mol. The highest BCUT2D eigenvalue weighted by Gasteiger charge is 1.87. The van der Waals surface area contributed by atoms with Gasteiger partial charge in [-0.2, -0.15) is 11.3 Å². The van der Waals surface area contributed by atoms with Crippen LogP contribution in [-0.2, 0) is 0 Å². The van der Waals surface area contributed by atoms with Gasteiger partial charge in [0.15, 0.2) is 0 Å². The molecular formula is C9H8N2S. The summed E-state index contributed by atoms with van der Waals surface area (Å²) in [5, 5.41) is 4.15. The fourth-order valence-corrected chi connectivity index (χ4v) is 1.54. The van der Waals surface area contributed by atoms with Crippen molar-refractivity contribution >= 4 is 23.5 Å². The topological polar surface area (TPSA) is 28.7 Å². The molecule has 0 radical (unpaired) electrons. The Balaban J connectivity index is 2.14. The van der Waals surface area contributed by atoms with Gasteiger partial charge in [-0.25, -0.2) is 4.98 Å². The van der Waals surface area contributed by atoms with Gasteiger partial charge in [-0.1, -0.05) is 6.08 Å². The van der Waals surface area contributed by atoms with Gasteiger partial charge in [-0.3, -0.25) is 0 Å². The normalized spacial score (nSPS) is 11.0. The summed E-state index contributed by atoms with van der Waals surface area (Å²) in [5.41, 5.74) is 1.22. The van der Waals surface area contributed by atoms with Crippen molar-refractivity contribution in [2.24, 2.45) is 0 Å². The van der Waals surface area contributed by atoms with Crippen LogP contribution in [0.3, 0.4) is 0 Å². The Hall–Kier alpha value is -1.35. The van der Waals surface area contributed by atoms with E-state index in [1.54, 1.807) is 17.5 Å². The van der Waals surface area contributed by atoms with E-state index in [9.17, 15) is 0 Å². The van der Waals surface area contributed by atoms with Crippen molar-refractivity contribution in [3.8, 4) is 0 Å². The zero-order valence-corrected chi connectivity index (χ0v) is 7.21. The third kappa shape index (κ3) is 1.62. The maximum atomic E-state index is 4.08. The minimum absolute atomic E-state index is 0.890. The molecule has 60 valence electrons. The molecule has 0 amide bonds. The second-order valence-electron chi connectivity index (χ2n) is 2.36. The summed E-state index contributed by atoms with van der Waals surface area (Å²) in [6, 6.07) is 2.07. The molecule has 0 aliphatic heterocycles. The molecule has 0 spiro atoms. The second kappa shape index (κ2) is 3.36. The van der Waals surface area contributed by atoms with Crippen molar-refractivity contribution in [1.29, 1.82) is 0 Å². The molecule has 12 heavy (non-hydrogen) atoms. The fourth-order valence-electron chi connectivity index (χ4n) is 0.914. The summed E-state index contributed by atoms with van der Waals surface area (Å²) < 4.78 is 0. The van der Waals surface area contributed by atoms with Crippen LogP contribution in [0.2, 0.25) is 0 Å². The molecule has 2 aromatic heterocycles. The van der Waals surface area contributed by atoms with Gasteiger partial charge in [0, 0.05) is 12.4 Å². The highest BCUT2D eigenvalue weighted by molar-refractivity contribution is 7.08. The summed E-state index contributed by atoms with van der Waals surface area (Å²) in [4.78, 5) is 7.08. The van der Waals surface area contributed by atoms with Crippen LogP contribution in [0.4, 0.5) is 0 Å². The molecule has 0 atom stereocenters. The average molecular weight is 176 g/mol. The lowest BCUT2D eigenvalue weighted by Gasteiger charge is -1.82. The first-order chi connectivity index (χ1) is 5.95. The van der Waals surface area contributed by atoms with Crippen LogP contribution in [0.1, 0.15) is 11.4 Å². The predicted molar refractivity (Wildman–Crippen MR) is 51.8 cm³/mol. The number of thiophene rings is 1. The van der Waals surface area contributed by atoms with Crippen molar-refractivity contribution in [3.05, 3.63) is 40.6 Å². The number of aromatic nitrogens is 2. The minimum Gasteiger partial charge on any atom is -0.345 e. The number of nitrogens with one attached hydrogen (secondary N) is 1. The molecule has 2 heterocycles. The highest BCUT2D eigenvalue weighted by atomic mass is 32.1. The number of H-pyrrole nitrogens is 1. The molecule has 0 bridgehead atoms. The molecule has 2 nitrogen and oxygen atoms in total. The van der Waals surface area contributed by atoms with E-state index >= 15 is 0 Å². The molecular weight excluding hydrogens is 168 g/mol. The van der Waals surface area contributed by atoms with Crippen LogP contribution in [-0.4, -0.2) is 9.97 Å². The molecule has 0 unspecified atom stereocenters. The van der Waals surface area contributed by atoms with Crippen LogP contribution in [0, 0.1) is 0 Å². The molecule has 0 aliphatic rings. The first-order valence-corrected chi connectivity index (χ1v) is 4.59. The largest absolute Gasteiger partial charge is 0.345 e. The number of hydrogen-bond donors (Lipinski definition) is 1. The second-order valence-corrected chi connectivity index (χ2v) is 3.14. The minimum atomic E-state index is 0.890. The summed E-state index contributed by atoms with van der Waals surface area (Å²) in [6.45, 7) is 0. The zero-order valence-electron chi connectivity index (χ0n) is 6.40. The Morgan fingerprint density at radius 3 is 3.08 bits per heavy atom. The van der Waals surface area contributed by atoms with E-state index in [0.717, 1.165) is 5.82 Å². The van der Waals surface area contributed by atoms with Crippen LogP contribution in [0.5, 0.6) is 0 Å². The maximum absolute atomic E-state index is 4.08. The highest BCUT2D eigenvalue weighted by Crippen LogP contribution is 2.09. The Bertz CT molecular complexity index is 310. The van der Waals surface area contributed by atoms with E-state index < -0.39 is 0 Å². The van der Waals surface area contributed by atoms with Gasteiger partial charge in [-0.15, -0.1) is 0 Å². The van der Waals surface area contributed by atoms with Crippen molar-refractivity contribution in [1.82, 2.24) is 9.97 Å². The molecule has 2 rings (SSSR count). The molecule has 1 N–H and O–H groups in total. The van der Waals surface area contributed by atoms with Crippen molar-refractivity contribution in [2.75, 3.05) is 0 Å². The standard InChI is InChI=1S/C9H8N2S/c1(8-3-6-12-7-8)2-9-10-4-5-11-9/h1-7H,(H,10,11). The number of hydrogen-bond acceptors (Lipinski definition) is 2. The van der Waals surface area contributed by atoms with Gasteiger partial charge in [0.1, 0.15) is 5.82 Å². The summed E-state index contributed by atoms with van der Waals surface area (Å²) in [7, 11) is 0. The Morgan fingerprint density at radius 2 is 2.42 bits per heavy atom. The van der Waals surface area contributed by atoms with Crippen molar-refractivity contribution < 1.29 is 0 Å². The molecule has 0 saturated heterocycles. The molecule has 0 aromatic carbocycles. The van der Waals surface area contributed by atoms with Gasteiger partial charge >= 0.3 is 0 Å². The first-order valence-electron chi connectivity index (χ1n) is 3.65. The summed E-state index contributed by atoms with van der Waals surface area (Å²) in [5.74, 6) is 0.890. The molecule has 0 saturated carbocycles. The van der Waals surface area contributed by atoms with Crippen LogP contribution >= 0.6 is 11.3 Å². The lowest BCUT2D eigenvalue weighted by atomic mass is 10.3. The number of rotatable bonds is 2. The van der Waals surface area contributed by atoms with E-state index in [-0.39, 0.29) is 0 Å². The SMILES string of the molecule is C(=Cc1ncc[nH]1)c1ccsc1. The lowest BCUT2D eigenvalue weighted by molar-refractivity contribution is 1.27. The Kier molecular flexibility index (Phi) is 2.05. The van der Waals surface area contributed by atoms with Gasteiger partial charge < -0.3 is 4.98 Å². The average Bonchev–Trinajstić information content (AvgIpc) is 2.74. The number of aromatic amines is 1. The molecule has 3 heteroatoms. The lowest BCUT2D eigenvalue weighted by Crippen LogP contribution is -1.71. The maximum Gasteiger partial charge on any atom is 0.129 e. The summed E-state index contributed by atoms with van der Waals surface area (Å²) in [6.07, 6.45) is 7.55. The number of imidazole rings is 1. The van der Waals surface area contributed by atoms with Gasteiger partial charge in [0.25, 0.3) is 0 Å². The summed E-state index contributed by atoms with van der Waals surface area (Å²) >= 11 is 1.69. The van der Waals surface area contributed by atoms with Crippen LogP contribution < -0.4 is 0 Å².